The van der Waals surface area contributed by atoms with Crippen LogP contribution in [0.5, 0.6) is 5.75 Å². The van der Waals surface area contributed by atoms with Gasteiger partial charge in [-0.1, -0.05) is 110 Å². The fraction of sp³-hybridized carbons (Fsp3) is 0.455. The summed E-state index contributed by atoms with van der Waals surface area (Å²) < 4.78 is 8.47. The van der Waals surface area contributed by atoms with Crippen LogP contribution in [0.2, 0.25) is 0 Å². The minimum atomic E-state index is -0.727. The Bertz CT molecular complexity index is 4590. The molecule has 20 heteroatoms. The van der Waals surface area contributed by atoms with Gasteiger partial charge >= 0.3 is 0 Å². The Morgan fingerprint density at radius 1 is 0.537 bits per heavy atom. The van der Waals surface area contributed by atoms with Crippen molar-refractivity contribution in [3.05, 3.63) is 206 Å². The third kappa shape index (κ3) is 22.9. The first-order chi connectivity index (χ1) is 51.3. The van der Waals surface area contributed by atoms with E-state index >= 15 is 0 Å². The number of aromatic nitrogens is 5. The highest BCUT2D eigenvalue weighted by molar-refractivity contribution is 5.90. The smallest absolute Gasteiger partial charge is 0.261 e. The number of carbonyl (C=O) groups excluding carboxylic acids is 7. The van der Waals surface area contributed by atoms with Crippen LogP contribution < -0.4 is 36.7 Å². The fourth-order valence-electron chi connectivity index (χ4n) is 14.6. The van der Waals surface area contributed by atoms with Crippen molar-refractivity contribution >= 4 is 57.6 Å². The predicted octanol–water partition coefficient (Wildman–Crippen LogP) is 15.3. The second-order valence-electron chi connectivity index (χ2n) is 31.5. The van der Waals surface area contributed by atoms with Gasteiger partial charge in [0.1, 0.15) is 41.2 Å². The number of methoxy groups -OCH3 is 1. The second kappa shape index (κ2) is 38.5. The molecule has 0 aliphatic carbocycles. The number of piperidine rings is 2. The number of para-hydroxylation sites is 1. The fourth-order valence-corrected chi connectivity index (χ4v) is 14.6. The van der Waals surface area contributed by atoms with Crippen LogP contribution in [0.25, 0.3) is 33.2 Å². The van der Waals surface area contributed by atoms with Gasteiger partial charge in [0.05, 0.1) is 42.5 Å². The number of ketones is 3. The molecule has 2 aliphatic heterocycles. The molecule has 6 atom stereocenters. The molecule has 10 rings (SSSR count). The summed E-state index contributed by atoms with van der Waals surface area (Å²) in [7, 11) is 1.62. The van der Waals surface area contributed by atoms with Gasteiger partial charge < -0.3 is 35.1 Å². The Balaban J connectivity index is 0.000000204. The van der Waals surface area contributed by atoms with Gasteiger partial charge in [0, 0.05) is 105 Å². The van der Waals surface area contributed by atoms with E-state index in [4.69, 9.17) is 4.74 Å². The van der Waals surface area contributed by atoms with Crippen LogP contribution >= 0.6 is 0 Å². The Hall–Kier alpha value is -10.2. The molecule has 0 spiro atoms. The molecule has 0 bridgehead atoms. The molecule has 20 nitrogen and oxygen atoms in total. The van der Waals surface area contributed by atoms with E-state index in [1.165, 1.54) is 61.6 Å². The molecule has 6 heterocycles. The van der Waals surface area contributed by atoms with E-state index < -0.39 is 36.3 Å². The molecule has 0 unspecified atom stereocenters. The number of fused-ring (bicyclic) bond motifs is 1. The van der Waals surface area contributed by atoms with E-state index in [9.17, 15) is 43.2 Å². The summed E-state index contributed by atoms with van der Waals surface area (Å²) in [6.07, 6.45) is 16.9. The highest BCUT2D eigenvalue weighted by atomic mass is 16.5. The maximum atomic E-state index is 13.7. The topological polar surface area (TPSA) is 254 Å². The molecule has 4 aromatic heterocycles. The van der Waals surface area contributed by atoms with E-state index in [0.717, 1.165) is 86.6 Å². The van der Waals surface area contributed by atoms with Gasteiger partial charge in [-0.15, -0.1) is 0 Å². The minimum Gasteiger partial charge on any atom is -0.496 e. The molecule has 574 valence electrons. The van der Waals surface area contributed by atoms with E-state index in [0.29, 0.717) is 48.7 Å². The van der Waals surface area contributed by atoms with Crippen molar-refractivity contribution in [2.45, 2.75) is 211 Å². The van der Waals surface area contributed by atoms with Crippen molar-refractivity contribution in [3.63, 3.8) is 0 Å². The molecular formula is C88H112N10O10. The van der Waals surface area contributed by atoms with Crippen LogP contribution in [0.4, 0.5) is 5.69 Å². The van der Waals surface area contributed by atoms with E-state index in [2.05, 4.69) is 102 Å². The molecule has 4 aromatic carbocycles. The summed E-state index contributed by atoms with van der Waals surface area (Å²) in [5.74, 6) is 0.448. The Labute approximate surface area is 637 Å². The molecule has 108 heavy (non-hydrogen) atoms. The van der Waals surface area contributed by atoms with Gasteiger partial charge in [-0.05, 0) is 210 Å². The number of aryl methyl sites for hydroxylation is 4. The standard InChI is InChI=1S/C30H41N3O3.C29H36N4O3.C29H35N3O4/c1-19(2)13-26(33-18-30(6,7)12-11-27(33)35)29(36)32-25(14-22(5)34)23-15-24(17-31-16-23)28-20(3)9-8-10-21(28)4;1-20(2)16-27(33-19-30-25-13-6-5-12-24(25)29(33)36)28(35)31-26(17-21(3)34)22-10-9-11-23(18-22)32-14-7-4-8-15-32;1-18(2)12-25(32-11-10-19(3)13-27(32)34)29(35)31-24(14-21(5)33)22-15-23(17-30-16-22)28-20(4)8-7-9-26(28)36-6/h8-10,15-17,19,25-26H,11-14,18H2,1-7H3,(H,32,36);5-6,9-13,18-20,26-27H,4,7-8,14-17H2,1-3H3,(H,31,35);7-11,13,15-18,24-25H,12,14H2,1-6H3,(H,31,35)/t25-,26+;26-,27-;24-,25+/m000/s1. The Morgan fingerprint density at radius 3 is 1.56 bits per heavy atom. The van der Waals surface area contributed by atoms with Gasteiger partial charge in [-0.2, -0.15) is 0 Å². The average molecular weight is 1470 g/mol. The monoisotopic (exact) mass is 1470 g/mol. The van der Waals surface area contributed by atoms with Gasteiger partial charge in [0.25, 0.3) is 11.1 Å². The average Bonchev–Trinajstić information content (AvgIpc) is 0.820. The first-order valence-electron chi connectivity index (χ1n) is 38.1. The number of ether oxygens (including phenoxy) is 1. The molecule has 0 saturated carbocycles. The molecule has 8 aromatic rings. The summed E-state index contributed by atoms with van der Waals surface area (Å²) in [4.78, 5) is 134. The lowest BCUT2D eigenvalue weighted by atomic mass is 9.82. The first kappa shape index (κ1) is 83.4. The molecule has 4 amide bonds. The molecular weight excluding hydrogens is 1360 g/mol. The summed E-state index contributed by atoms with van der Waals surface area (Å²) in [6, 6.07) is 31.0. The number of nitrogens with zero attached hydrogens (tertiary/aromatic N) is 7. The quantitative estimate of drug-likeness (QED) is 0.0412. The van der Waals surface area contributed by atoms with Crippen LogP contribution in [-0.4, -0.2) is 103 Å². The van der Waals surface area contributed by atoms with Crippen LogP contribution in [0.3, 0.4) is 0 Å². The van der Waals surface area contributed by atoms with E-state index in [-0.39, 0.29) is 94.5 Å². The Morgan fingerprint density at radius 2 is 1.03 bits per heavy atom. The van der Waals surface area contributed by atoms with Crippen molar-refractivity contribution in [1.29, 1.82) is 0 Å². The predicted molar refractivity (Wildman–Crippen MR) is 428 cm³/mol. The largest absolute Gasteiger partial charge is 0.496 e. The number of rotatable bonds is 28. The number of Topliss-reactive ketones (excluding diaryl/α,β-unsaturated/α-hetero) is 3. The van der Waals surface area contributed by atoms with Crippen molar-refractivity contribution in [2.75, 3.05) is 31.6 Å². The lowest BCUT2D eigenvalue weighted by Crippen LogP contribution is -2.55. The molecule has 2 fully saturated rings. The first-order valence-corrected chi connectivity index (χ1v) is 38.1. The summed E-state index contributed by atoms with van der Waals surface area (Å²) in [5, 5.41) is 9.76. The zero-order valence-corrected chi connectivity index (χ0v) is 66.2. The number of nitrogens with one attached hydrogen (secondary N) is 3. The maximum Gasteiger partial charge on any atom is 0.261 e. The van der Waals surface area contributed by atoms with Crippen molar-refractivity contribution < 1.29 is 38.3 Å². The van der Waals surface area contributed by atoms with Crippen LogP contribution in [-0.2, 0) is 33.6 Å². The van der Waals surface area contributed by atoms with E-state index in [1.807, 2.05) is 108 Å². The van der Waals surface area contributed by atoms with Gasteiger partial charge in [-0.25, -0.2) is 4.98 Å². The SMILES string of the molecule is CC(=O)C[C@H](NC(=O)[C@@H](CC(C)C)N1CC(C)(C)CCC1=O)c1cncc(-c2c(C)cccc2C)c1.CC(=O)C[C@H](NC(=O)[C@H](CC(C)C)n1cnc2ccccc2c1=O)c1cccc(N2CCCCC2)c1.COc1cccc(C)c1-c1cncc([C@H](CC(C)=O)NC(=O)[C@@H](CC(C)C)n2ccc(C)cc2=O)c1. The molecule has 0 radical (unpaired) electrons. The summed E-state index contributed by atoms with van der Waals surface area (Å²) in [6.45, 7) is 31.6. The van der Waals surface area contributed by atoms with Crippen LogP contribution in [0, 0.1) is 50.9 Å². The molecule has 2 saturated heterocycles. The number of amides is 4. The van der Waals surface area contributed by atoms with Crippen molar-refractivity contribution in [1.82, 2.24) is 44.9 Å². The number of hydrogen-bond donors (Lipinski definition) is 3. The summed E-state index contributed by atoms with van der Waals surface area (Å²) >= 11 is 0. The maximum absolute atomic E-state index is 13.7. The molecule has 2 aliphatic rings. The number of pyridine rings is 3. The normalized spacial score (nSPS) is 15.2. The van der Waals surface area contributed by atoms with Crippen LogP contribution in [0.15, 0.2) is 156 Å². The summed E-state index contributed by atoms with van der Waals surface area (Å²) in [5.41, 5.74) is 11.6. The van der Waals surface area contributed by atoms with Crippen LogP contribution in [0.1, 0.15) is 216 Å². The number of carbonyl (C=O) groups is 7. The van der Waals surface area contributed by atoms with Gasteiger partial charge in [0.15, 0.2) is 0 Å². The lowest BCUT2D eigenvalue weighted by molar-refractivity contribution is -0.146. The minimum absolute atomic E-state index is 0.00590. The third-order valence-electron chi connectivity index (χ3n) is 20.0. The number of likely N-dealkylation sites (tertiary alicyclic amines) is 1. The van der Waals surface area contributed by atoms with E-state index in [1.54, 1.807) is 55.0 Å². The van der Waals surface area contributed by atoms with Gasteiger partial charge in [-0.3, -0.25) is 57.7 Å². The molecule has 3 N–H and O–H groups in total. The number of benzene rings is 4. The number of anilines is 1. The number of hydrogen-bond acceptors (Lipinski definition) is 14. The Kier molecular flexibility index (Phi) is 29.8. The van der Waals surface area contributed by atoms with Crippen molar-refractivity contribution in [3.8, 4) is 28.0 Å². The highest BCUT2D eigenvalue weighted by Crippen LogP contribution is 2.37. The highest BCUT2D eigenvalue weighted by Gasteiger charge is 2.39. The zero-order chi connectivity index (χ0) is 78.7. The lowest BCUT2D eigenvalue weighted by Gasteiger charge is -2.42. The van der Waals surface area contributed by atoms with Gasteiger partial charge in [0.2, 0.25) is 23.6 Å². The third-order valence-corrected chi connectivity index (χ3v) is 20.0. The zero-order valence-electron chi connectivity index (χ0n) is 66.2. The second-order valence-corrected chi connectivity index (χ2v) is 31.5. The van der Waals surface area contributed by atoms with Crippen molar-refractivity contribution in [2.24, 2.45) is 23.2 Å².